The first-order valence-electron chi connectivity index (χ1n) is 8.51. The molecular weight excluding hydrogens is 340 g/mol. The summed E-state index contributed by atoms with van der Waals surface area (Å²) in [6.45, 7) is 6.68. The quantitative estimate of drug-likeness (QED) is 0.898. The molecule has 2 aromatic rings. The lowest BCUT2D eigenvalue weighted by Crippen LogP contribution is -2.46. The Morgan fingerprint density at radius 3 is 2.92 bits per heavy atom. The number of aliphatic hydroxyl groups is 1. The van der Waals surface area contributed by atoms with Gasteiger partial charge < -0.3 is 14.5 Å². The molecule has 0 aliphatic carbocycles. The standard InChI is InChI=1S/C19H23ClN2O3/c1-12-14(7-4-8-16(12)20)17-15(10-21-25-17)18(23)22-9-5-6-13(11-22)19(2,3)24/h4,7-8,10,13,24H,5-6,9,11H2,1-3H3. The Morgan fingerprint density at radius 1 is 1.44 bits per heavy atom. The summed E-state index contributed by atoms with van der Waals surface area (Å²) in [5, 5.41) is 14.7. The van der Waals surface area contributed by atoms with Gasteiger partial charge in [0.25, 0.3) is 5.91 Å². The van der Waals surface area contributed by atoms with E-state index >= 15 is 0 Å². The largest absolute Gasteiger partial charge is 0.390 e. The van der Waals surface area contributed by atoms with Gasteiger partial charge in [-0.3, -0.25) is 4.79 Å². The summed E-state index contributed by atoms with van der Waals surface area (Å²) in [4.78, 5) is 14.8. The second kappa shape index (κ2) is 6.81. The van der Waals surface area contributed by atoms with Crippen LogP contribution < -0.4 is 0 Å². The molecule has 25 heavy (non-hydrogen) atoms. The van der Waals surface area contributed by atoms with Crippen LogP contribution in [0.25, 0.3) is 11.3 Å². The number of hydrogen-bond acceptors (Lipinski definition) is 4. The molecule has 1 unspecified atom stereocenters. The molecule has 5 nitrogen and oxygen atoms in total. The number of amides is 1. The maximum Gasteiger partial charge on any atom is 0.259 e. The SMILES string of the molecule is Cc1c(Cl)cccc1-c1oncc1C(=O)N1CCCC(C(C)(C)O)C1. The van der Waals surface area contributed by atoms with Crippen molar-refractivity contribution in [3.05, 3.63) is 40.5 Å². The van der Waals surface area contributed by atoms with E-state index in [1.165, 1.54) is 6.20 Å². The lowest BCUT2D eigenvalue weighted by molar-refractivity contribution is -0.0146. The first kappa shape index (κ1) is 18.0. The normalized spacial score (nSPS) is 18.4. The average molecular weight is 363 g/mol. The first-order chi connectivity index (χ1) is 11.8. The minimum absolute atomic E-state index is 0.0569. The molecule has 1 aromatic heterocycles. The van der Waals surface area contributed by atoms with Crippen LogP contribution in [-0.2, 0) is 0 Å². The molecule has 0 radical (unpaired) electrons. The number of rotatable bonds is 3. The monoisotopic (exact) mass is 362 g/mol. The highest BCUT2D eigenvalue weighted by atomic mass is 35.5. The zero-order valence-corrected chi connectivity index (χ0v) is 15.5. The molecule has 0 saturated carbocycles. The summed E-state index contributed by atoms with van der Waals surface area (Å²) in [6, 6.07) is 5.50. The summed E-state index contributed by atoms with van der Waals surface area (Å²) < 4.78 is 5.39. The van der Waals surface area contributed by atoms with Crippen molar-refractivity contribution in [1.29, 1.82) is 0 Å². The van der Waals surface area contributed by atoms with Crippen LogP contribution >= 0.6 is 11.6 Å². The molecule has 1 atom stereocenters. The highest BCUT2D eigenvalue weighted by molar-refractivity contribution is 6.31. The molecule has 6 heteroatoms. The fourth-order valence-corrected chi connectivity index (χ4v) is 3.52. The van der Waals surface area contributed by atoms with E-state index in [-0.39, 0.29) is 11.8 Å². The molecule has 1 aliphatic rings. The van der Waals surface area contributed by atoms with Gasteiger partial charge >= 0.3 is 0 Å². The molecule has 2 heterocycles. The lowest BCUT2D eigenvalue weighted by atomic mass is 9.84. The predicted octanol–water partition coefficient (Wildman–Crippen LogP) is 3.93. The number of carbonyl (C=O) groups is 1. The number of hydrogen-bond donors (Lipinski definition) is 1. The van der Waals surface area contributed by atoms with Gasteiger partial charge in [-0.15, -0.1) is 0 Å². The van der Waals surface area contributed by atoms with E-state index in [1.54, 1.807) is 24.8 Å². The second-order valence-corrected chi connectivity index (χ2v) is 7.63. The van der Waals surface area contributed by atoms with Crippen LogP contribution in [0, 0.1) is 12.8 Å². The predicted molar refractivity (Wildman–Crippen MR) is 96.6 cm³/mol. The first-order valence-corrected chi connectivity index (χ1v) is 8.88. The molecule has 0 bridgehead atoms. The van der Waals surface area contributed by atoms with Crippen LogP contribution in [0.5, 0.6) is 0 Å². The van der Waals surface area contributed by atoms with Gasteiger partial charge in [-0.25, -0.2) is 0 Å². The van der Waals surface area contributed by atoms with Crippen LogP contribution in [0.4, 0.5) is 0 Å². The van der Waals surface area contributed by atoms with Crippen molar-refractivity contribution in [3.8, 4) is 11.3 Å². The third-order valence-electron chi connectivity index (χ3n) is 5.02. The molecule has 0 spiro atoms. The van der Waals surface area contributed by atoms with Gasteiger partial charge in [-0.2, -0.15) is 0 Å². The van der Waals surface area contributed by atoms with Gasteiger partial charge in [-0.05, 0) is 45.2 Å². The zero-order valence-electron chi connectivity index (χ0n) is 14.8. The molecule has 1 fully saturated rings. The van der Waals surface area contributed by atoms with E-state index in [0.717, 1.165) is 24.0 Å². The fraction of sp³-hybridized carbons (Fsp3) is 0.474. The molecule has 1 saturated heterocycles. The molecular formula is C19H23ClN2O3. The van der Waals surface area contributed by atoms with Crippen molar-refractivity contribution in [2.24, 2.45) is 5.92 Å². The van der Waals surface area contributed by atoms with E-state index < -0.39 is 5.60 Å². The molecule has 1 aliphatic heterocycles. The number of piperidine rings is 1. The Bertz CT molecular complexity index is 779. The van der Waals surface area contributed by atoms with Gasteiger partial charge in [0.15, 0.2) is 5.76 Å². The van der Waals surface area contributed by atoms with Gasteiger partial charge in [0.05, 0.1) is 11.8 Å². The van der Waals surface area contributed by atoms with Gasteiger partial charge in [0.2, 0.25) is 0 Å². The fourth-order valence-electron chi connectivity index (χ4n) is 3.35. The number of nitrogens with zero attached hydrogens (tertiary/aromatic N) is 2. The van der Waals surface area contributed by atoms with Crippen LogP contribution in [0.1, 0.15) is 42.6 Å². The van der Waals surface area contributed by atoms with E-state index in [0.29, 0.717) is 29.4 Å². The topological polar surface area (TPSA) is 66.6 Å². The summed E-state index contributed by atoms with van der Waals surface area (Å²) in [5.74, 6) is 0.376. The third-order valence-corrected chi connectivity index (χ3v) is 5.43. The Kier molecular flexibility index (Phi) is 4.89. The maximum absolute atomic E-state index is 13.0. The third kappa shape index (κ3) is 3.58. The Morgan fingerprint density at radius 2 is 2.20 bits per heavy atom. The van der Waals surface area contributed by atoms with E-state index in [2.05, 4.69) is 5.16 Å². The Hall–Kier alpha value is -1.85. The maximum atomic E-state index is 13.0. The highest BCUT2D eigenvalue weighted by Gasteiger charge is 2.34. The zero-order chi connectivity index (χ0) is 18.2. The minimum Gasteiger partial charge on any atom is -0.390 e. The molecule has 134 valence electrons. The summed E-state index contributed by atoms with van der Waals surface area (Å²) in [7, 11) is 0. The molecule has 1 amide bonds. The van der Waals surface area contributed by atoms with E-state index in [4.69, 9.17) is 16.1 Å². The second-order valence-electron chi connectivity index (χ2n) is 7.22. The van der Waals surface area contributed by atoms with Crippen molar-refractivity contribution in [2.75, 3.05) is 13.1 Å². The average Bonchev–Trinajstić information content (AvgIpc) is 3.05. The van der Waals surface area contributed by atoms with Gasteiger partial charge in [-0.1, -0.05) is 28.9 Å². The molecule has 1 N–H and O–H groups in total. The Balaban J connectivity index is 1.89. The number of halogens is 1. The van der Waals surface area contributed by atoms with Crippen molar-refractivity contribution >= 4 is 17.5 Å². The smallest absolute Gasteiger partial charge is 0.259 e. The van der Waals surface area contributed by atoms with Crippen LogP contribution in [0.2, 0.25) is 5.02 Å². The van der Waals surface area contributed by atoms with E-state index in [9.17, 15) is 9.90 Å². The van der Waals surface area contributed by atoms with Crippen LogP contribution in [-0.4, -0.2) is 39.8 Å². The number of carbonyl (C=O) groups excluding carboxylic acids is 1. The number of benzene rings is 1. The van der Waals surface area contributed by atoms with Crippen LogP contribution in [0.3, 0.4) is 0 Å². The van der Waals surface area contributed by atoms with Gasteiger partial charge in [0.1, 0.15) is 5.56 Å². The number of likely N-dealkylation sites (tertiary alicyclic amines) is 1. The highest BCUT2D eigenvalue weighted by Crippen LogP contribution is 2.33. The van der Waals surface area contributed by atoms with E-state index in [1.807, 2.05) is 19.1 Å². The number of aromatic nitrogens is 1. The van der Waals surface area contributed by atoms with Crippen molar-refractivity contribution in [3.63, 3.8) is 0 Å². The summed E-state index contributed by atoms with van der Waals surface area (Å²) in [5.41, 5.74) is 1.24. The minimum atomic E-state index is -0.806. The summed E-state index contributed by atoms with van der Waals surface area (Å²) in [6.07, 6.45) is 3.25. The van der Waals surface area contributed by atoms with Crippen LogP contribution in [0.15, 0.2) is 28.9 Å². The van der Waals surface area contributed by atoms with Crippen molar-refractivity contribution in [1.82, 2.24) is 10.1 Å². The summed E-state index contributed by atoms with van der Waals surface area (Å²) >= 11 is 6.20. The Labute approximate surface area is 152 Å². The van der Waals surface area contributed by atoms with Gasteiger partial charge in [0, 0.05) is 29.6 Å². The molecule has 1 aromatic carbocycles. The molecule has 3 rings (SSSR count). The van der Waals surface area contributed by atoms with Crippen molar-refractivity contribution < 1.29 is 14.4 Å². The van der Waals surface area contributed by atoms with Crippen molar-refractivity contribution in [2.45, 2.75) is 39.2 Å². The lowest BCUT2D eigenvalue weighted by Gasteiger charge is -2.38.